The fraction of sp³-hybridized carbons (Fsp3) is 1.00. The zero-order valence-corrected chi connectivity index (χ0v) is 11.7. The van der Waals surface area contributed by atoms with Gasteiger partial charge in [-0.2, -0.15) is 0 Å². The second-order valence-electron chi connectivity index (χ2n) is 5.41. The molecule has 0 amide bonds. The Labute approximate surface area is 111 Å². The lowest BCUT2D eigenvalue weighted by Crippen LogP contribution is -2.44. The minimum Gasteiger partial charge on any atom is -0.379 e. The summed E-state index contributed by atoms with van der Waals surface area (Å²) in [6, 6.07) is 0.663. The van der Waals surface area contributed by atoms with Gasteiger partial charge in [0, 0.05) is 38.8 Å². The van der Waals surface area contributed by atoms with E-state index in [1.54, 1.807) is 0 Å². The largest absolute Gasteiger partial charge is 0.379 e. The molecule has 0 radical (unpaired) electrons. The summed E-state index contributed by atoms with van der Waals surface area (Å²) >= 11 is 0. The molecule has 0 saturated carbocycles. The van der Waals surface area contributed by atoms with Crippen LogP contribution in [0.3, 0.4) is 0 Å². The number of nitrogens with zero attached hydrogens (tertiary/aromatic N) is 1. The molecule has 2 atom stereocenters. The van der Waals surface area contributed by atoms with Gasteiger partial charge in [-0.15, -0.1) is 0 Å². The highest BCUT2D eigenvalue weighted by Crippen LogP contribution is 2.17. The molecule has 0 aromatic heterocycles. The average Bonchev–Trinajstić information content (AvgIpc) is 2.41. The Balaban J connectivity index is 1.57. The molecule has 2 rings (SSSR count). The zero-order valence-electron chi connectivity index (χ0n) is 11.7. The summed E-state index contributed by atoms with van der Waals surface area (Å²) in [5.74, 6) is 0. The van der Waals surface area contributed by atoms with Gasteiger partial charge in [-0.1, -0.05) is 13.3 Å². The van der Waals surface area contributed by atoms with Crippen LogP contribution < -0.4 is 5.32 Å². The third-order valence-corrected chi connectivity index (χ3v) is 3.94. The number of ether oxygens (including phenoxy) is 2. The van der Waals surface area contributed by atoms with Crippen LogP contribution in [0, 0.1) is 0 Å². The Bertz CT molecular complexity index is 218. The number of nitrogens with one attached hydrogen (secondary N) is 1. The number of rotatable bonds is 6. The van der Waals surface area contributed by atoms with E-state index in [1.807, 2.05) is 0 Å². The second-order valence-corrected chi connectivity index (χ2v) is 5.41. The van der Waals surface area contributed by atoms with E-state index in [1.165, 1.54) is 25.7 Å². The minimum atomic E-state index is 0.490. The van der Waals surface area contributed by atoms with Crippen LogP contribution in [0.25, 0.3) is 0 Å². The average molecular weight is 256 g/mol. The topological polar surface area (TPSA) is 33.7 Å². The first-order valence-electron chi connectivity index (χ1n) is 7.53. The second kappa shape index (κ2) is 8.10. The molecule has 0 spiro atoms. The van der Waals surface area contributed by atoms with Gasteiger partial charge in [-0.05, 0) is 19.3 Å². The fourth-order valence-corrected chi connectivity index (χ4v) is 2.84. The molecule has 4 heteroatoms. The summed E-state index contributed by atoms with van der Waals surface area (Å²) in [7, 11) is 0. The number of hydrogen-bond acceptors (Lipinski definition) is 4. The van der Waals surface area contributed by atoms with E-state index in [0.29, 0.717) is 12.1 Å². The Morgan fingerprint density at radius 3 is 2.83 bits per heavy atom. The summed E-state index contributed by atoms with van der Waals surface area (Å²) in [4.78, 5) is 2.49. The fourth-order valence-electron chi connectivity index (χ4n) is 2.84. The quantitative estimate of drug-likeness (QED) is 0.775. The molecular formula is C14H28N2O2. The summed E-state index contributed by atoms with van der Waals surface area (Å²) in [6.45, 7) is 9.40. The highest BCUT2D eigenvalue weighted by atomic mass is 16.5. The smallest absolute Gasteiger partial charge is 0.0594 e. The lowest BCUT2D eigenvalue weighted by atomic mass is 10.0. The van der Waals surface area contributed by atoms with Crippen LogP contribution in [0.5, 0.6) is 0 Å². The van der Waals surface area contributed by atoms with Gasteiger partial charge in [0.25, 0.3) is 0 Å². The zero-order chi connectivity index (χ0) is 12.6. The van der Waals surface area contributed by atoms with Crippen LogP contribution in [-0.4, -0.2) is 63.0 Å². The Morgan fingerprint density at radius 2 is 2.06 bits per heavy atom. The molecule has 0 aromatic carbocycles. The van der Waals surface area contributed by atoms with Gasteiger partial charge in [0.1, 0.15) is 0 Å². The Hall–Kier alpha value is -0.160. The van der Waals surface area contributed by atoms with Crippen molar-refractivity contribution in [3.8, 4) is 0 Å². The lowest BCUT2D eigenvalue weighted by Gasteiger charge is -2.31. The molecule has 1 N–H and O–H groups in total. The first-order valence-corrected chi connectivity index (χ1v) is 7.53. The van der Waals surface area contributed by atoms with Crippen LogP contribution in [-0.2, 0) is 9.47 Å². The SMILES string of the molecule is CCCC1CC(NCCN2CCOCC2)CCO1. The molecule has 2 heterocycles. The van der Waals surface area contributed by atoms with Gasteiger partial charge in [-0.3, -0.25) is 4.90 Å². The molecule has 0 aromatic rings. The van der Waals surface area contributed by atoms with Gasteiger partial charge in [-0.25, -0.2) is 0 Å². The molecule has 2 unspecified atom stereocenters. The van der Waals surface area contributed by atoms with Gasteiger partial charge in [0.15, 0.2) is 0 Å². The molecule has 4 nitrogen and oxygen atoms in total. The summed E-state index contributed by atoms with van der Waals surface area (Å²) in [5.41, 5.74) is 0. The summed E-state index contributed by atoms with van der Waals surface area (Å²) < 4.78 is 11.1. The van der Waals surface area contributed by atoms with Crippen molar-refractivity contribution in [3.05, 3.63) is 0 Å². The van der Waals surface area contributed by atoms with Crippen molar-refractivity contribution in [2.24, 2.45) is 0 Å². The predicted octanol–water partition coefficient (Wildman–Crippen LogP) is 1.26. The Kier molecular flexibility index (Phi) is 6.41. The van der Waals surface area contributed by atoms with Crippen LogP contribution in [0.4, 0.5) is 0 Å². The molecule has 2 saturated heterocycles. The van der Waals surface area contributed by atoms with E-state index in [4.69, 9.17) is 9.47 Å². The van der Waals surface area contributed by atoms with Crippen LogP contribution in [0.15, 0.2) is 0 Å². The molecule has 106 valence electrons. The van der Waals surface area contributed by atoms with E-state index in [9.17, 15) is 0 Å². The maximum atomic E-state index is 5.78. The normalized spacial score (nSPS) is 30.5. The van der Waals surface area contributed by atoms with Crippen molar-refractivity contribution in [1.29, 1.82) is 0 Å². The van der Waals surface area contributed by atoms with Crippen LogP contribution in [0.1, 0.15) is 32.6 Å². The van der Waals surface area contributed by atoms with Crippen molar-refractivity contribution in [1.82, 2.24) is 10.2 Å². The monoisotopic (exact) mass is 256 g/mol. The molecule has 2 aliphatic heterocycles. The van der Waals surface area contributed by atoms with Crippen LogP contribution >= 0.6 is 0 Å². The molecule has 0 bridgehead atoms. The highest BCUT2D eigenvalue weighted by molar-refractivity contribution is 4.77. The van der Waals surface area contributed by atoms with Gasteiger partial charge in [0.2, 0.25) is 0 Å². The van der Waals surface area contributed by atoms with E-state index in [-0.39, 0.29) is 0 Å². The third kappa shape index (κ3) is 4.84. The standard InChI is InChI=1S/C14H28N2O2/c1-2-3-14-12-13(4-9-18-14)15-5-6-16-7-10-17-11-8-16/h13-15H,2-12H2,1H3. The van der Waals surface area contributed by atoms with Crippen molar-refractivity contribution in [2.75, 3.05) is 46.0 Å². The summed E-state index contributed by atoms with van der Waals surface area (Å²) in [6.07, 6.45) is 5.29. The van der Waals surface area contributed by atoms with Crippen molar-refractivity contribution < 1.29 is 9.47 Å². The number of hydrogen-bond donors (Lipinski definition) is 1. The first-order chi connectivity index (χ1) is 8.88. The maximum Gasteiger partial charge on any atom is 0.0594 e. The number of morpholine rings is 1. The van der Waals surface area contributed by atoms with Crippen molar-refractivity contribution >= 4 is 0 Å². The van der Waals surface area contributed by atoms with Crippen LogP contribution in [0.2, 0.25) is 0 Å². The van der Waals surface area contributed by atoms with Gasteiger partial charge >= 0.3 is 0 Å². The highest BCUT2D eigenvalue weighted by Gasteiger charge is 2.21. The summed E-state index contributed by atoms with van der Waals surface area (Å²) in [5, 5.41) is 3.69. The first kappa shape index (κ1) is 14.3. The van der Waals surface area contributed by atoms with E-state index in [0.717, 1.165) is 46.0 Å². The van der Waals surface area contributed by atoms with E-state index >= 15 is 0 Å². The predicted molar refractivity (Wildman–Crippen MR) is 72.9 cm³/mol. The Morgan fingerprint density at radius 1 is 1.22 bits per heavy atom. The van der Waals surface area contributed by atoms with E-state index < -0.39 is 0 Å². The van der Waals surface area contributed by atoms with Crippen molar-refractivity contribution in [3.63, 3.8) is 0 Å². The molecule has 2 fully saturated rings. The molecule has 0 aliphatic carbocycles. The van der Waals surface area contributed by atoms with Crippen molar-refractivity contribution in [2.45, 2.75) is 44.8 Å². The lowest BCUT2D eigenvalue weighted by molar-refractivity contribution is -0.00432. The molecule has 18 heavy (non-hydrogen) atoms. The third-order valence-electron chi connectivity index (χ3n) is 3.94. The molecular weight excluding hydrogens is 228 g/mol. The van der Waals surface area contributed by atoms with Gasteiger partial charge < -0.3 is 14.8 Å². The van der Waals surface area contributed by atoms with E-state index in [2.05, 4.69) is 17.1 Å². The maximum absolute atomic E-state index is 5.78. The molecule has 2 aliphatic rings. The minimum absolute atomic E-state index is 0.490. The van der Waals surface area contributed by atoms with Gasteiger partial charge in [0.05, 0.1) is 19.3 Å².